The fourth-order valence-corrected chi connectivity index (χ4v) is 2.74. The minimum atomic E-state index is -0.385. The van der Waals surface area contributed by atoms with Crippen LogP contribution in [0.5, 0.6) is 5.75 Å². The standard InChI is InChI=1S/C20H19FN2O4/c1-23-16-10-13(6-8-18(16)27-12-20(23)26)17(24)7-9-19(25)22-11-14-4-2-3-5-15(14)21/h2-6,8,10H,7,9,11-12H2,1H3,(H,22,25). The first-order valence-corrected chi connectivity index (χ1v) is 8.52. The highest BCUT2D eigenvalue weighted by Gasteiger charge is 2.23. The van der Waals surface area contributed by atoms with E-state index in [1.807, 2.05) is 0 Å². The number of amides is 2. The van der Waals surface area contributed by atoms with Crippen molar-refractivity contribution in [3.8, 4) is 5.75 Å². The highest BCUT2D eigenvalue weighted by molar-refractivity contribution is 6.02. The molecule has 0 fully saturated rings. The molecule has 0 bridgehead atoms. The van der Waals surface area contributed by atoms with E-state index >= 15 is 0 Å². The summed E-state index contributed by atoms with van der Waals surface area (Å²) in [6, 6.07) is 11.0. The number of anilines is 1. The number of carbonyl (C=O) groups excluding carboxylic acids is 3. The Kier molecular flexibility index (Phi) is 5.49. The van der Waals surface area contributed by atoms with Gasteiger partial charge in [-0.3, -0.25) is 14.4 Å². The summed E-state index contributed by atoms with van der Waals surface area (Å²) in [5, 5.41) is 2.61. The number of carbonyl (C=O) groups is 3. The van der Waals surface area contributed by atoms with E-state index in [2.05, 4.69) is 5.32 Å². The minimum absolute atomic E-state index is 0.00432. The molecule has 140 valence electrons. The second kappa shape index (κ2) is 7.99. The number of Topliss-reactive ketones (excluding diaryl/α,β-unsaturated/α-hetero) is 1. The second-order valence-electron chi connectivity index (χ2n) is 6.22. The molecule has 1 aliphatic rings. The van der Waals surface area contributed by atoms with Crippen molar-refractivity contribution in [3.05, 3.63) is 59.4 Å². The number of nitrogens with zero attached hydrogens (tertiary/aromatic N) is 1. The van der Waals surface area contributed by atoms with Crippen LogP contribution in [0.15, 0.2) is 42.5 Å². The molecule has 0 atom stereocenters. The molecule has 27 heavy (non-hydrogen) atoms. The molecule has 2 aromatic rings. The summed E-state index contributed by atoms with van der Waals surface area (Å²) in [7, 11) is 1.62. The lowest BCUT2D eigenvalue weighted by molar-refractivity contribution is -0.121. The molecule has 0 unspecified atom stereocenters. The van der Waals surface area contributed by atoms with Gasteiger partial charge in [-0.05, 0) is 24.3 Å². The van der Waals surface area contributed by atoms with Crippen molar-refractivity contribution in [2.45, 2.75) is 19.4 Å². The van der Waals surface area contributed by atoms with E-state index in [9.17, 15) is 18.8 Å². The van der Waals surface area contributed by atoms with Gasteiger partial charge >= 0.3 is 0 Å². The second-order valence-corrected chi connectivity index (χ2v) is 6.22. The van der Waals surface area contributed by atoms with Crippen LogP contribution in [0.25, 0.3) is 0 Å². The van der Waals surface area contributed by atoms with Crippen molar-refractivity contribution in [1.82, 2.24) is 5.32 Å². The Morgan fingerprint density at radius 1 is 1.19 bits per heavy atom. The molecule has 0 spiro atoms. The molecule has 0 radical (unpaired) electrons. The zero-order valence-corrected chi connectivity index (χ0v) is 14.8. The monoisotopic (exact) mass is 370 g/mol. The van der Waals surface area contributed by atoms with Crippen LogP contribution in [0.4, 0.5) is 10.1 Å². The fraction of sp³-hybridized carbons (Fsp3) is 0.250. The van der Waals surface area contributed by atoms with Crippen molar-refractivity contribution in [2.75, 3.05) is 18.6 Å². The number of likely N-dealkylation sites (N-methyl/N-ethyl adjacent to an activating group) is 1. The molecule has 1 N–H and O–H groups in total. The maximum Gasteiger partial charge on any atom is 0.264 e. The molecule has 0 aliphatic carbocycles. The van der Waals surface area contributed by atoms with Gasteiger partial charge in [0.2, 0.25) is 5.91 Å². The maximum absolute atomic E-state index is 13.5. The maximum atomic E-state index is 13.5. The molecule has 7 heteroatoms. The molecule has 2 aromatic carbocycles. The molecular formula is C20H19FN2O4. The Morgan fingerprint density at radius 2 is 1.96 bits per heavy atom. The molecule has 6 nitrogen and oxygen atoms in total. The van der Waals surface area contributed by atoms with E-state index in [0.717, 1.165) is 0 Å². The average molecular weight is 370 g/mol. The van der Waals surface area contributed by atoms with Crippen molar-refractivity contribution >= 4 is 23.3 Å². The van der Waals surface area contributed by atoms with Gasteiger partial charge in [-0.1, -0.05) is 18.2 Å². The molecule has 1 heterocycles. The van der Waals surface area contributed by atoms with Crippen molar-refractivity contribution in [3.63, 3.8) is 0 Å². The van der Waals surface area contributed by atoms with E-state index in [0.29, 0.717) is 22.6 Å². The van der Waals surface area contributed by atoms with Crippen LogP contribution in [-0.2, 0) is 16.1 Å². The summed E-state index contributed by atoms with van der Waals surface area (Å²) >= 11 is 0. The van der Waals surface area contributed by atoms with Gasteiger partial charge in [0.25, 0.3) is 5.91 Å². The Labute approximate surface area is 155 Å². The third-order valence-electron chi connectivity index (χ3n) is 4.38. The van der Waals surface area contributed by atoms with E-state index in [-0.39, 0.29) is 49.4 Å². The molecular weight excluding hydrogens is 351 g/mol. The van der Waals surface area contributed by atoms with Crippen LogP contribution in [0.2, 0.25) is 0 Å². The van der Waals surface area contributed by atoms with E-state index in [1.54, 1.807) is 43.4 Å². The predicted molar refractivity (Wildman–Crippen MR) is 97.2 cm³/mol. The smallest absolute Gasteiger partial charge is 0.264 e. The van der Waals surface area contributed by atoms with Gasteiger partial charge in [0.05, 0.1) is 5.69 Å². The molecule has 0 aromatic heterocycles. The van der Waals surface area contributed by atoms with Crippen LogP contribution in [-0.4, -0.2) is 31.3 Å². The van der Waals surface area contributed by atoms with Gasteiger partial charge in [0, 0.05) is 37.6 Å². The van der Waals surface area contributed by atoms with Crippen LogP contribution in [0.3, 0.4) is 0 Å². The van der Waals surface area contributed by atoms with Crippen molar-refractivity contribution in [1.29, 1.82) is 0 Å². The van der Waals surface area contributed by atoms with Gasteiger partial charge in [-0.2, -0.15) is 0 Å². The lowest BCUT2D eigenvalue weighted by Gasteiger charge is -2.26. The third kappa shape index (κ3) is 4.31. The largest absolute Gasteiger partial charge is 0.482 e. The number of hydrogen-bond donors (Lipinski definition) is 1. The Hall–Kier alpha value is -3.22. The highest BCUT2D eigenvalue weighted by atomic mass is 19.1. The van der Waals surface area contributed by atoms with Gasteiger partial charge < -0.3 is 15.0 Å². The molecule has 3 rings (SSSR count). The minimum Gasteiger partial charge on any atom is -0.482 e. The van der Waals surface area contributed by atoms with Crippen LogP contribution in [0, 0.1) is 5.82 Å². The topological polar surface area (TPSA) is 75.7 Å². The quantitative estimate of drug-likeness (QED) is 0.793. The number of hydrogen-bond acceptors (Lipinski definition) is 4. The zero-order valence-electron chi connectivity index (χ0n) is 14.8. The lowest BCUT2D eigenvalue weighted by atomic mass is 10.0. The highest BCUT2D eigenvalue weighted by Crippen LogP contribution is 2.32. The van der Waals surface area contributed by atoms with E-state index < -0.39 is 0 Å². The van der Waals surface area contributed by atoms with Gasteiger partial charge in [-0.25, -0.2) is 4.39 Å². The predicted octanol–water partition coefficient (Wildman–Crippen LogP) is 2.46. The molecule has 1 aliphatic heterocycles. The summed E-state index contributed by atoms with van der Waals surface area (Å²) < 4.78 is 18.9. The number of rotatable bonds is 6. The third-order valence-corrected chi connectivity index (χ3v) is 4.38. The number of ketones is 1. The SMILES string of the molecule is CN1C(=O)COc2ccc(C(=O)CCC(=O)NCc3ccccc3F)cc21. The number of nitrogens with one attached hydrogen (secondary N) is 1. The summed E-state index contributed by atoms with van der Waals surface area (Å²) in [5.41, 5.74) is 1.32. The van der Waals surface area contributed by atoms with Gasteiger partial charge in [0.1, 0.15) is 11.6 Å². The van der Waals surface area contributed by atoms with Gasteiger partial charge in [0.15, 0.2) is 12.4 Å². The molecule has 0 saturated heterocycles. The van der Waals surface area contributed by atoms with Gasteiger partial charge in [-0.15, -0.1) is 0 Å². The first kappa shape index (κ1) is 18.6. The average Bonchev–Trinajstić information content (AvgIpc) is 2.68. The van der Waals surface area contributed by atoms with E-state index in [1.165, 1.54) is 11.0 Å². The number of fused-ring (bicyclic) bond motifs is 1. The lowest BCUT2D eigenvalue weighted by Crippen LogP contribution is -2.35. The molecule has 2 amide bonds. The Bertz CT molecular complexity index is 897. The normalized spacial score (nSPS) is 13.0. The van der Waals surface area contributed by atoms with E-state index in [4.69, 9.17) is 4.74 Å². The van der Waals surface area contributed by atoms with Crippen LogP contribution >= 0.6 is 0 Å². The summed E-state index contributed by atoms with van der Waals surface area (Å²) in [6.07, 6.45) is 0.00997. The summed E-state index contributed by atoms with van der Waals surface area (Å²) in [5.74, 6) is -0.592. The first-order chi connectivity index (χ1) is 13.0. The number of halogens is 1. The summed E-state index contributed by atoms with van der Waals surface area (Å²) in [4.78, 5) is 37.4. The van der Waals surface area contributed by atoms with Crippen molar-refractivity contribution in [2.24, 2.45) is 0 Å². The first-order valence-electron chi connectivity index (χ1n) is 8.52. The number of benzene rings is 2. The zero-order chi connectivity index (χ0) is 19.4. The van der Waals surface area contributed by atoms with Crippen LogP contribution < -0.4 is 15.0 Å². The number of ether oxygens (including phenoxy) is 1. The summed E-state index contributed by atoms with van der Waals surface area (Å²) in [6.45, 7) is 0.0434. The van der Waals surface area contributed by atoms with Crippen molar-refractivity contribution < 1.29 is 23.5 Å². The van der Waals surface area contributed by atoms with Crippen LogP contribution in [0.1, 0.15) is 28.8 Å². The molecule has 0 saturated carbocycles. The fourth-order valence-electron chi connectivity index (χ4n) is 2.74. The Morgan fingerprint density at radius 3 is 2.74 bits per heavy atom. The Balaban J connectivity index is 1.56.